The molecule has 1 saturated heterocycles. The Kier molecular flexibility index (Phi) is 7.38. The molecule has 0 bridgehead atoms. The maximum atomic E-state index is 12.4. The molecule has 3 aromatic rings. The van der Waals surface area contributed by atoms with E-state index in [4.69, 9.17) is 5.26 Å². The highest BCUT2D eigenvalue weighted by molar-refractivity contribution is 5.96. The molecule has 0 saturated carbocycles. The van der Waals surface area contributed by atoms with Crippen LogP contribution in [0.5, 0.6) is 0 Å². The summed E-state index contributed by atoms with van der Waals surface area (Å²) in [6, 6.07) is 14.3. The van der Waals surface area contributed by atoms with Crippen LogP contribution in [0.15, 0.2) is 54.9 Å². The van der Waals surface area contributed by atoms with Crippen LogP contribution in [0.3, 0.4) is 0 Å². The average Bonchev–Trinajstić information content (AvgIpc) is 3.23. The zero-order chi connectivity index (χ0) is 23.0. The van der Waals surface area contributed by atoms with Gasteiger partial charge >= 0.3 is 0 Å². The van der Waals surface area contributed by atoms with E-state index >= 15 is 0 Å². The second-order valence-electron chi connectivity index (χ2n) is 8.20. The first-order valence-electron chi connectivity index (χ1n) is 11.5. The van der Waals surface area contributed by atoms with Gasteiger partial charge < -0.3 is 19.7 Å². The summed E-state index contributed by atoms with van der Waals surface area (Å²) in [7, 11) is 0. The van der Waals surface area contributed by atoms with Gasteiger partial charge in [-0.2, -0.15) is 5.26 Å². The molecule has 0 radical (unpaired) electrons. The second-order valence-corrected chi connectivity index (χ2v) is 8.20. The standard InChI is InChI=1S/C26H30N6O/c1-2-30-14-16-31(17-15-30)25-10-8-21(18-28-25)19-29-26(33)11-9-22-20-32(13-5-12-27)24-7-4-3-6-23(22)24/h3-4,6-11,18,20H,2,5,13-17,19H2,1H3,(H,29,33)/b11-9+. The van der Waals surface area contributed by atoms with Gasteiger partial charge in [0.2, 0.25) is 5.91 Å². The second kappa shape index (κ2) is 10.8. The summed E-state index contributed by atoms with van der Waals surface area (Å²) in [6.45, 7) is 8.49. The van der Waals surface area contributed by atoms with Crippen molar-refractivity contribution in [2.45, 2.75) is 26.4 Å². The number of para-hydroxylation sites is 1. The Labute approximate surface area is 194 Å². The lowest BCUT2D eigenvalue weighted by atomic mass is 10.1. The largest absolute Gasteiger partial charge is 0.354 e. The number of pyridine rings is 1. The zero-order valence-corrected chi connectivity index (χ0v) is 19.1. The molecule has 0 atom stereocenters. The van der Waals surface area contributed by atoms with Crippen molar-refractivity contribution in [1.29, 1.82) is 5.26 Å². The van der Waals surface area contributed by atoms with E-state index in [0.717, 1.165) is 60.6 Å². The maximum Gasteiger partial charge on any atom is 0.244 e. The third-order valence-corrected chi connectivity index (χ3v) is 6.12. The Morgan fingerprint density at radius 1 is 1.18 bits per heavy atom. The molecule has 7 nitrogen and oxygen atoms in total. The van der Waals surface area contributed by atoms with Crippen LogP contribution >= 0.6 is 0 Å². The van der Waals surface area contributed by atoms with Gasteiger partial charge in [-0.05, 0) is 30.3 Å². The molecule has 0 unspecified atom stereocenters. The molecule has 1 aliphatic rings. The Morgan fingerprint density at radius 3 is 2.73 bits per heavy atom. The number of anilines is 1. The molecule has 0 aliphatic carbocycles. The molecule has 2 aromatic heterocycles. The highest BCUT2D eigenvalue weighted by atomic mass is 16.1. The Morgan fingerprint density at radius 2 is 2.00 bits per heavy atom. The van der Waals surface area contributed by atoms with Gasteiger partial charge in [-0.1, -0.05) is 31.2 Å². The molecule has 1 amide bonds. The monoisotopic (exact) mass is 442 g/mol. The molecule has 1 aromatic carbocycles. The number of fused-ring (bicyclic) bond motifs is 1. The third kappa shape index (κ3) is 5.60. The number of aryl methyl sites for hydroxylation is 1. The summed E-state index contributed by atoms with van der Waals surface area (Å²) < 4.78 is 2.06. The van der Waals surface area contributed by atoms with Gasteiger partial charge in [0.1, 0.15) is 5.82 Å². The number of aromatic nitrogens is 2. The number of hydrogen-bond acceptors (Lipinski definition) is 5. The number of piperazine rings is 1. The fourth-order valence-electron chi connectivity index (χ4n) is 4.18. The molecule has 1 N–H and O–H groups in total. The summed E-state index contributed by atoms with van der Waals surface area (Å²) in [5, 5.41) is 12.9. The van der Waals surface area contributed by atoms with E-state index in [1.54, 1.807) is 6.08 Å². The number of likely N-dealkylation sites (N-methyl/N-ethyl adjacent to an activating group) is 1. The van der Waals surface area contributed by atoms with Crippen LogP contribution in [0, 0.1) is 11.3 Å². The molecule has 1 aliphatic heterocycles. The van der Waals surface area contributed by atoms with Crippen LogP contribution < -0.4 is 10.2 Å². The highest BCUT2D eigenvalue weighted by Gasteiger charge is 2.16. The first-order chi connectivity index (χ1) is 16.2. The summed E-state index contributed by atoms with van der Waals surface area (Å²) in [6.07, 6.45) is 7.68. The van der Waals surface area contributed by atoms with Crippen LogP contribution in [0.25, 0.3) is 17.0 Å². The zero-order valence-electron chi connectivity index (χ0n) is 19.1. The molecule has 3 heterocycles. The average molecular weight is 443 g/mol. The fraction of sp³-hybridized carbons (Fsp3) is 0.346. The van der Waals surface area contributed by atoms with Gasteiger partial charge in [-0.3, -0.25) is 4.79 Å². The number of benzene rings is 1. The Bertz CT molecular complexity index is 1150. The topological polar surface area (TPSA) is 77.2 Å². The number of hydrogen-bond donors (Lipinski definition) is 1. The molecular formula is C26H30N6O. The van der Waals surface area contributed by atoms with Gasteiger partial charge in [-0.25, -0.2) is 4.98 Å². The predicted octanol–water partition coefficient (Wildman–Crippen LogP) is 3.42. The van der Waals surface area contributed by atoms with Crippen molar-refractivity contribution in [1.82, 2.24) is 19.8 Å². The molecule has 7 heteroatoms. The number of nitrogens with zero attached hydrogens (tertiary/aromatic N) is 5. The molecule has 33 heavy (non-hydrogen) atoms. The minimum atomic E-state index is -0.149. The van der Waals surface area contributed by atoms with Crippen LogP contribution in [0.4, 0.5) is 5.82 Å². The van der Waals surface area contributed by atoms with Crippen molar-refractivity contribution in [2.24, 2.45) is 0 Å². The van der Waals surface area contributed by atoms with E-state index in [9.17, 15) is 4.79 Å². The quantitative estimate of drug-likeness (QED) is 0.541. The van der Waals surface area contributed by atoms with E-state index in [2.05, 4.69) is 37.7 Å². The van der Waals surface area contributed by atoms with Gasteiger partial charge in [-0.15, -0.1) is 0 Å². The molecular weight excluding hydrogens is 412 g/mol. The SMILES string of the molecule is CCN1CCN(c2ccc(CNC(=O)/C=C/c3cn(CCC#N)c4ccccc34)cn2)CC1. The maximum absolute atomic E-state index is 12.4. The molecule has 4 rings (SSSR count). The Balaban J connectivity index is 1.33. The number of carbonyl (C=O) groups excluding carboxylic acids is 1. The summed E-state index contributed by atoms with van der Waals surface area (Å²) >= 11 is 0. The van der Waals surface area contributed by atoms with Gasteiger partial charge in [0, 0.05) is 74.2 Å². The number of nitrogens with one attached hydrogen (secondary N) is 1. The number of rotatable bonds is 8. The summed E-state index contributed by atoms with van der Waals surface area (Å²) in [4.78, 5) is 21.7. The van der Waals surface area contributed by atoms with E-state index in [-0.39, 0.29) is 5.91 Å². The van der Waals surface area contributed by atoms with Crippen molar-refractivity contribution >= 4 is 28.7 Å². The predicted molar refractivity (Wildman–Crippen MR) is 132 cm³/mol. The van der Waals surface area contributed by atoms with Crippen molar-refractivity contribution in [2.75, 3.05) is 37.6 Å². The minimum absolute atomic E-state index is 0.149. The van der Waals surface area contributed by atoms with Crippen molar-refractivity contribution < 1.29 is 4.79 Å². The normalized spacial score (nSPS) is 14.6. The van der Waals surface area contributed by atoms with Crippen molar-refractivity contribution in [3.05, 3.63) is 66.0 Å². The lowest BCUT2D eigenvalue weighted by molar-refractivity contribution is -0.116. The lowest BCUT2D eigenvalue weighted by Crippen LogP contribution is -2.46. The lowest BCUT2D eigenvalue weighted by Gasteiger charge is -2.34. The number of carbonyl (C=O) groups is 1. The van der Waals surface area contributed by atoms with Crippen LogP contribution in [0.2, 0.25) is 0 Å². The van der Waals surface area contributed by atoms with Crippen LogP contribution in [-0.2, 0) is 17.9 Å². The van der Waals surface area contributed by atoms with Gasteiger partial charge in [0.25, 0.3) is 0 Å². The van der Waals surface area contributed by atoms with Crippen molar-refractivity contribution in [3.63, 3.8) is 0 Å². The minimum Gasteiger partial charge on any atom is -0.354 e. The number of amides is 1. The third-order valence-electron chi connectivity index (χ3n) is 6.12. The van der Waals surface area contributed by atoms with Crippen LogP contribution in [0.1, 0.15) is 24.5 Å². The fourth-order valence-corrected chi connectivity index (χ4v) is 4.18. The molecule has 0 spiro atoms. The smallest absolute Gasteiger partial charge is 0.244 e. The molecule has 1 fully saturated rings. The van der Waals surface area contributed by atoms with Crippen LogP contribution in [-0.4, -0.2) is 53.1 Å². The van der Waals surface area contributed by atoms with E-state index in [0.29, 0.717) is 19.5 Å². The first kappa shape index (κ1) is 22.6. The first-order valence-corrected chi connectivity index (χ1v) is 11.5. The van der Waals surface area contributed by atoms with Gasteiger partial charge in [0.05, 0.1) is 12.5 Å². The summed E-state index contributed by atoms with van der Waals surface area (Å²) in [5.74, 6) is 0.845. The van der Waals surface area contributed by atoms with E-state index in [1.165, 1.54) is 0 Å². The van der Waals surface area contributed by atoms with E-state index in [1.807, 2.05) is 54.9 Å². The van der Waals surface area contributed by atoms with Crippen molar-refractivity contribution in [3.8, 4) is 6.07 Å². The summed E-state index contributed by atoms with van der Waals surface area (Å²) in [5.41, 5.74) is 3.00. The highest BCUT2D eigenvalue weighted by Crippen LogP contribution is 2.23. The number of nitriles is 1. The molecule has 170 valence electrons. The van der Waals surface area contributed by atoms with Gasteiger partial charge in [0.15, 0.2) is 0 Å². The Hall–Kier alpha value is -3.63. The van der Waals surface area contributed by atoms with E-state index < -0.39 is 0 Å².